The van der Waals surface area contributed by atoms with Crippen molar-refractivity contribution in [3.63, 3.8) is 0 Å². The molecule has 17 heavy (non-hydrogen) atoms. The minimum Gasteiger partial charge on any atom is -0.469 e. The van der Waals surface area contributed by atoms with E-state index < -0.39 is 0 Å². The monoisotopic (exact) mass is 233 g/mol. The van der Waals surface area contributed by atoms with Crippen LogP contribution >= 0.6 is 0 Å². The van der Waals surface area contributed by atoms with Gasteiger partial charge >= 0.3 is 0 Å². The van der Waals surface area contributed by atoms with Gasteiger partial charge < -0.3 is 14.3 Å². The van der Waals surface area contributed by atoms with Crippen LogP contribution in [0.2, 0.25) is 0 Å². The highest BCUT2D eigenvalue weighted by atomic mass is 16.3. The van der Waals surface area contributed by atoms with Gasteiger partial charge in [-0.15, -0.1) is 0 Å². The van der Waals surface area contributed by atoms with E-state index in [0.717, 1.165) is 18.7 Å². The molecule has 2 unspecified atom stereocenters. The summed E-state index contributed by atoms with van der Waals surface area (Å²) in [5, 5.41) is 3.55. The lowest BCUT2D eigenvalue weighted by atomic mass is 10.1. The molecule has 4 nitrogen and oxygen atoms in total. The highest BCUT2D eigenvalue weighted by Gasteiger charge is 2.09. The molecule has 2 atom stereocenters. The van der Waals surface area contributed by atoms with Crippen molar-refractivity contribution in [3.05, 3.63) is 42.9 Å². The van der Waals surface area contributed by atoms with Crippen LogP contribution in [-0.4, -0.2) is 21.6 Å². The molecule has 92 valence electrons. The molecule has 0 aliphatic carbocycles. The summed E-state index contributed by atoms with van der Waals surface area (Å²) in [5.41, 5.74) is 0. The number of hydrogen-bond donors (Lipinski definition) is 1. The SMILES string of the molecule is CC(Cc1ccco1)NC(C)Cn1ccnc1. The first-order chi connectivity index (χ1) is 8.24. The molecule has 2 aromatic rings. The van der Waals surface area contributed by atoms with E-state index >= 15 is 0 Å². The van der Waals surface area contributed by atoms with Gasteiger partial charge in [-0.2, -0.15) is 0 Å². The van der Waals surface area contributed by atoms with Crippen LogP contribution in [0.25, 0.3) is 0 Å². The molecule has 0 fully saturated rings. The largest absolute Gasteiger partial charge is 0.469 e. The third kappa shape index (κ3) is 3.75. The van der Waals surface area contributed by atoms with Crippen molar-refractivity contribution < 1.29 is 4.42 Å². The molecule has 2 heterocycles. The molecule has 2 rings (SSSR count). The van der Waals surface area contributed by atoms with E-state index in [4.69, 9.17) is 4.42 Å². The van der Waals surface area contributed by atoms with Crippen molar-refractivity contribution in [1.82, 2.24) is 14.9 Å². The molecule has 0 aliphatic rings. The summed E-state index contributed by atoms with van der Waals surface area (Å²) >= 11 is 0. The number of furan rings is 1. The van der Waals surface area contributed by atoms with Gasteiger partial charge in [-0.25, -0.2) is 4.98 Å². The molecule has 1 N–H and O–H groups in total. The smallest absolute Gasteiger partial charge is 0.105 e. The van der Waals surface area contributed by atoms with E-state index in [1.165, 1.54) is 0 Å². The lowest BCUT2D eigenvalue weighted by Crippen LogP contribution is -2.38. The Morgan fingerprint density at radius 3 is 2.94 bits per heavy atom. The van der Waals surface area contributed by atoms with Crippen molar-refractivity contribution in [1.29, 1.82) is 0 Å². The van der Waals surface area contributed by atoms with Crippen molar-refractivity contribution in [2.75, 3.05) is 0 Å². The fourth-order valence-electron chi connectivity index (χ4n) is 2.04. The fourth-order valence-corrected chi connectivity index (χ4v) is 2.04. The Morgan fingerprint density at radius 1 is 1.41 bits per heavy atom. The molecule has 2 aromatic heterocycles. The maximum atomic E-state index is 5.34. The molecule has 4 heteroatoms. The van der Waals surface area contributed by atoms with E-state index in [-0.39, 0.29) is 0 Å². The minimum atomic E-state index is 0.402. The Bertz CT molecular complexity index is 368. The van der Waals surface area contributed by atoms with E-state index in [1.54, 1.807) is 12.5 Å². The highest BCUT2D eigenvalue weighted by Crippen LogP contribution is 2.04. The van der Waals surface area contributed by atoms with Crippen molar-refractivity contribution in [2.45, 2.75) is 38.9 Å². The summed E-state index contributed by atoms with van der Waals surface area (Å²) in [6, 6.07) is 4.75. The second-order valence-electron chi connectivity index (χ2n) is 4.51. The molecule has 0 aromatic carbocycles. The molecule has 0 saturated heterocycles. The van der Waals surface area contributed by atoms with Gasteiger partial charge in [0, 0.05) is 37.4 Å². The van der Waals surface area contributed by atoms with Gasteiger partial charge in [-0.05, 0) is 26.0 Å². The summed E-state index contributed by atoms with van der Waals surface area (Å²) in [6.07, 6.45) is 8.27. The van der Waals surface area contributed by atoms with Crippen LogP contribution in [0.4, 0.5) is 0 Å². The molecular formula is C13H19N3O. The standard InChI is InChI=1S/C13H19N3O/c1-11(8-13-4-3-7-17-13)15-12(2)9-16-6-5-14-10-16/h3-7,10-12,15H,8-9H2,1-2H3. The van der Waals surface area contributed by atoms with Crippen LogP contribution in [0.1, 0.15) is 19.6 Å². The first kappa shape index (κ1) is 11.9. The lowest BCUT2D eigenvalue weighted by molar-refractivity contribution is 0.397. The quantitative estimate of drug-likeness (QED) is 0.830. The average Bonchev–Trinajstić information content (AvgIpc) is 2.90. The summed E-state index contributed by atoms with van der Waals surface area (Å²) in [6.45, 7) is 5.29. The number of nitrogens with zero attached hydrogens (tertiary/aromatic N) is 2. The molecule has 0 bridgehead atoms. The molecule has 0 saturated carbocycles. The third-order valence-electron chi connectivity index (χ3n) is 2.70. The fraction of sp³-hybridized carbons (Fsp3) is 0.462. The number of rotatable bonds is 6. The number of nitrogens with one attached hydrogen (secondary N) is 1. The second-order valence-corrected chi connectivity index (χ2v) is 4.51. The summed E-state index contributed by atoms with van der Waals surface area (Å²) in [4.78, 5) is 4.04. The van der Waals surface area contributed by atoms with E-state index in [0.29, 0.717) is 12.1 Å². The topological polar surface area (TPSA) is 43.0 Å². The van der Waals surface area contributed by atoms with E-state index in [2.05, 4.69) is 28.7 Å². The number of hydrogen-bond acceptors (Lipinski definition) is 3. The zero-order valence-corrected chi connectivity index (χ0v) is 10.3. The first-order valence-corrected chi connectivity index (χ1v) is 5.98. The van der Waals surface area contributed by atoms with Gasteiger partial charge in [-0.1, -0.05) is 0 Å². The zero-order chi connectivity index (χ0) is 12.1. The van der Waals surface area contributed by atoms with Crippen LogP contribution in [-0.2, 0) is 13.0 Å². The predicted molar refractivity (Wildman–Crippen MR) is 66.7 cm³/mol. The second kappa shape index (κ2) is 5.68. The average molecular weight is 233 g/mol. The summed E-state index contributed by atoms with van der Waals surface area (Å²) in [7, 11) is 0. The predicted octanol–water partition coefficient (Wildman–Crippen LogP) is 2.09. The normalized spacial score (nSPS) is 14.7. The maximum Gasteiger partial charge on any atom is 0.105 e. The third-order valence-corrected chi connectivity index (χ3v) is 2.70. The van der Waals surface area contributed by atoms with E-state index in [1.807, 2.05) is 24.7 Å². The number of aromatic nitrogens is 2. The van der Waals surface area contributed by atoms with Gasteiger partial charge in [0.1, 0.15) is 5.76 Å². The lowest BCUT2D eigenvalue weighted by Gasteiger charge is -2.19. The van der Waals surface area contributed by atoms with Crippen LogP contribution < -0.4 is 5.32 Å². The first-order valence-electron chi connectivity index (χ1n) is 5.98. The van der Waals surface area contributed by atoms with Gasteiger partial charge in [0.15, 0.2) is 0 Å². The van der Waals surface area contributed by atoms with Gasteiger partial charge in [0.05, 0.1) is 12.6 Å². The van der Waals surface area contributed by atoms with Crippen LogP contribution in [0.5, 0.6) is 0 Å². The van der Waals surface area contributed by atoms with Crippen LogP contribution in [0.15, 0.2) is 41.5 Å². The Morgan fingerprint density at radius 2 is 2.29 bits per heavy atom. The molecule has 0 radical (unpaired) electrons. The van der Waals surface area contributed by atoms with Crippen molar-refractivity contribution in [3.8, 4) is 0 Å². The van der Waals surface area contributed by atoms with Crippen LogP contribution in [0, 0.1) is 0 Å². The molecular weight excluding hydrogens is 214 g/mol. The van der Waals surface area contributed by atoms with E-state index in [9.17, 15) is 0 Å². The van der Waals surface area contributed by atoms with Gasteiger partial charge in [0.25, 0.3) is 0 Å². The number of imidazole rings is 1. The van der Waals surface area contributed by atoms with Crippen molar-refractivity contribution in [2.24, 2.45) is 0 Å². The Labute approximate surface area is 102 Å². The van der Waals surface area contributed by atoms with Gasteiger partial charge in [-0.3, -0.25) is 0 Å². The van der Waals surface area contributed by atoms with Crippen LogP contribution in [0.3, 0.4) is 0 Å². The molecule has 0 spiro atoms. The summed E-state index contributed by atoms with van der Waals surface area (Å²) < 4.78 is 7.42. The van der Waals surface area contributed by atoms with Crippen molar-refractivity contribution >= 4 is 0 Å². The highest BCUT2D eigenvalue weighted by molar-refractivity contribution is 5.00. The maximum absolute atomic E-state index is 5.34. The molecule has 0 amide bonds. The molecule has 0 aliphatic heterocycles. The Hall–Kier alpha value is -1.55. The summed E-state index contributed by atoms with van der Waals surface area (Å²) in [5.74, 6) is 1.03. The zero-order valence-electron chi connectivity index (χ0n) is 10.3. The Kier molecular flexibility index (Phi) is 3.98. The Balaban J connectivity index is 1.76. The minimum absolute atomic E-state index is 0.402. The van der Waals surface area contributed by atoms with Gasteiger partial charge in [0.2, 0.25) is 0 Å².